The van der Waals surface area contributed by atoms with Crippen LogP contribution in [0.5, 0.6) is 0 Å². The van der Waals surface area contributed by atoms with Crippen LogP contribution in [0.3, 0.4) is 0 Å². The molecule has 0 saturated carbocycles. The summed E-state index contributed by atoms with van der Waals surface area (Å²) >= 11 is 0. The van der Waals surface area contributed by atoms with Crippen LogP contribution in [-0.4, -0.2) is 56.6 Å². The molecule has 0 aromatic heterocycles. The summed E-state index contributed by atoms with van der Waals surface area (Å²) in [5, 5.41) is 0. The van der Waals surface area contributed by atoms with Gasteiger partial charge in [-0.2, -0.15) is 0 Å². The van der Waals surface area contributed by atoms with E-state index in [1.165, 1.54) is 5.56 Å². The molecule has 0 aliphatic rings. The highest BCUT2D eigenvalue weighted by molar-refractivity contribution is 5.14. The minimum absolute atomic E-state index is 0.477. The zero-order valence-corrected chi connectivity index (χ0v) is 12.0. The molecule has 0 heterocycles. The van der Waals surface area contributed by atoms with Gasteiger partial charge in [0.25, 0.3) is 0 Å². The van der Waals surface area contributed by atoms with Gasteiger partial charge in [0.2, 0.25) is 0 Å². The van der Waals surface area contributed by atoms with Gasteiger partial charge in [-0.05, 0) is 39.5 Å². The van der Waals surface area contributed by atoms with Crippen LogP contribution in [0, 0.1) is 0 Å². The summed E-state index contributed by atoms with van der Waals surface area (Å²) in [6.45, 7) is 2.89. The molecule has 0 spiro atoms. The zero-order chi connectivity index (χ0) is 13.4. The molecule has 1 aromatic carbocycles. The molecule has 0 bridgehead atoms. The minimum atomic E-state index is 0.477. The molecule has 0 fully saturated rings. The maximum atomic E-state index is 5.89. The molecule has 2 N–H and O–H groups in total. The molecule has 0 saturated heterocycles. The molecular weight excluding hydrogens is 222 g/mol. The van der Waals surface area contributed by atoms with Gasteiger partial charge in [0.05, 0.1) is 0 Å². The van der Waals surface area contributed by atoms with Crippen molar-refractivity contribution in [3.05, 3.63) is 35.9 Å². The first-order chi connectivity index (χ1) is 8.63. The lowest BCUT2D eigenvalue weighted by Gasteiger charge is -2.28. The van der Waals surface area contributed by atoms with E-state index >= 15 is 0 Å². The Hall–Kier alpha value is -0.900. The third kappa shape index (κ3) is 5.63. The molecule has 1 aromatic rings. The average molecular weight is 249 g/mol. The molecule has 0 radical (unpaired) electrons. The second-order valence-electron chi connectivity index (χ2n) is 5.20. The van der Waals surface area contributed by atoms with Crippen molar-refractivity contribution in [1.82, 2.24) is 9.80 Å². The van der Waals surface area contributed by atoms with Crippen molar-refractivity contribution >= 4 is 0 Å². The fraction of sp³-hybridized carbons (Fsp3) is 0.600. The van der Waals surface area contributed by atoms with Crippen LogP contribution in [0.4, 0.5) is 0 Å². The molecular formula is C15H27N3. The Morgan fingerprint density at radius 3 is 2.28 bits per heavy atom. The molecule has 1 unspecified atom stereocenters. The van der Waals surface area contributed by atoms with Crippen LogP contribution >= 0.6 is 0 Å². The van der Waals surface area contributed by atoms with Crippen LogP contribution in [0.15, 0.2) is 30.3 Å². The standard InChI is InChI=1S/C15H27N3/c1-17(2)11-12-18(3)15(13-16)10-9-14-7-5-4-6-8-14/h4-8,15H,9-13,16H2,1-3H3. The van der Waals surface area contributed by atoms with Crippen molar-refractivity contribution in [3.8, 4) is 0 Å². The highest BCUT2D eigenvalue weighted by Crippen LogP contribution is 2.08. The summed E-state index contributed by atoms with van der Waals surface area (Å²) < 4.78 is 0. The molecule has 3 nitrogen and oxygen atoms in total. The average Bonchev–Trinajstić information content (AvgIpc) is 2.38. The lowest BCUT2D eigenvalue weighted by Crippen LogP contribution is -2.41. The molecule has 3 heteroatoms. The summed E-state index contributed by atoms with van der Waals surface area (Å²) in [6.07, 6.45) is 2.24. The molecule has 0 aliphatic heterocycles. The first kappa shape index (κ1) is 15.2. The van der Waals surface area contributed by atoms with E-state index in [0.717, 1.165) is 32.5 Å². The highest BCUT2D eigenvalue weighted by Gasteiger charge is 2.12. The van der Waals surface area contributed by atoms with Gasteiger partial charge in [0.1, 0.15) is 0 Å². The number of hydrogen-bond donors (Lipinski definition) is 1. The van der Waals surface area contributed by atoms with Gasteiger partial charge in [0, 0.05) is 25.7 Å². The third-order valence-corrected chi connectivity index (χ3v) is 3.40. The van der Waals surface area contributed by atoms with Crippen molar-refractivity contribution in [1.29, 1.82) is 0 Å². The zero-order valence-electron chi connectivity index (χ0n) is 12.0. The van der Waals surface area contributed by atoms with Crippen molar-refractivity contribution in [2.75, 3.05) is 40.8 Å². The Labute approximate surface area is 112 Å². The summed E-state index contributed by atoms with van der Waals surface area (Å²) in [5.41, 5.74) is 7.29. The quantitative estimate of drug-likeness (QED) is 0.757. The predicted molar refractivity (Wildman–Crippen MR) is 78.8 cm³/mol. The van der Waals surface area contributed by atoms with Crippen LogP contribution < -0.4 is 5.73 Å². The summed E-state index contributed by atoms with van der Waals surface area (Å²) in [5.74, 6) is 0. The summed E-state index contributed by atoms with van der Waals surface area (Å²) in [7, 11) is 6.39. The topological polar surface area (TPSA) is 32.5 Å². The fourth-order valence-electron chi connectivity index (χ4n) is 2.04. The van der Waals surface area contributed by atoms with Crippen molar-refractivity contribution in [2.24, 2.45) is 5.73 Å². The molecule has 0 aliphatic carbocycles. The van der Waals surface area contributed by atoms with Crippen LogP contribution in [-0.2, 0) is 6.42 Å². The predicted octanol–water partition coefficient (Wildman–Crippen LogP) is 1.44. The van der Waals surface area contributed by atoms with Gasteiger partial charge < -0.3 is 15.5 Å². The highest BCUT2D eigenvalue weighted by atomic mass is 15.2. The Bertz CT molecular complexity index is 311. The van der Waals surface area contributed by atoms with Gasteiger partial charge in [-0.1, -0.05) is 30.3 Å². The van der Waals surface area contributed by atoms with Crippen molar-refractivity contribution in [3.63, 3.8) is 0 Å². The Balaban J connectivity index is 2.37. The smallest absolute Gasteiger partial charge is 0.0219 e. The fourth-order valence-corrected chi connectivity index (χ4v) is 2.04. The van der Waals surface area contributed by atoms with Gasteiger partial charge in [0.15, 0.2) is 0 Å². The van der Waals surface area contributed by atoms with E-state index in [4.69, 9.17) is 5.73 Å². The second-order valence-corrected chi connectivity index (χ2v) is 5.20. The van der Waals surface area contributed by atoms with Gasteiger partial charge >= 0.3 is 0 Å². The number of benzene rings is 1. The molecule has 0 amide bonds. The monoisotopic (exact) mass is 249 g/mol. The summed E-state index contributed by atoms with van der Waals surface area (Å²) in [4.78, 5) is 4.59. The maximum absolute atomic E-state index is 5.89. The third-order valence-electron chi connectivity index (χ3n) is 3.40. The van der Waals surface area contributed by atoms with Crippen molar-refractivity contribution in [2.45, 2.75) is 18.9 Å². The van der Waals surface area contributed by atoms with E-state index in [-0.39, 0.29) is 0 Å². The van der Waals surface area contributed by atoms with Gasteiger partial charge in [-0.15, -0.1) is 0 Å². The van der Waals surface area contributed by atoms with E-state index in [2.05, 4.69) is 61.3 Å². The minimum Gasteiger partial charge on any atom is -0.329 e. The molecule has 1 atom stereocenters. The molecule has 18 heavy (non-hydrogen) atoms. The first-order valence-corrected chi connectivity index (χ1v) is 6.72. The number of rotatable bonds is 8. The molecule has 102 valence electrons. The second kappa shape index (κ2) is 8.25. The van der Waals surface area contributed by atoms with Crippen LogP contribution in [0.1, 0.15) is 12.0 Å². The maximum Gasteiger partial charge on any atom is 0.0219 e. The van der Waals surface area contributed by atoms with Gasteiger partial charge in [-0.3, -0.25) is 0 Å². The van der Waals surface area contributed by atoms with Crippen molar-refractivity contribution < 1.29 is 0 Å². The van der Waals surface area contributed by atoms with Gasteiger partial charge in [-0.25, -0.2) is 0 Å². The normalized spacial score (nSPS) is 13.2. The van der Waals surface area contributed by atoms with E-state index in [9.17, 15) is 0 Å². The van der Waals surface area contributed by atoms with E-state index in [1.807, 2.05) is 0 Å². The van der Waals surface area contributed by atoms with Crippen LogP contribution in [0.25, 0.3) is 0 Å². The number of aryl methyl sites for hydroxylation is 1. The largest absolute Gasteiger partial charge is 0.329 e. The Kier molecular flexibility index (Phi) is 6.94. The SMILES string of the molecule is CN(C)CCN(C)C(CN)CCc1ccccc1. The lowest BCUT2D eigenvalue weighted by atomic mass is 10.0. The summed E-state index contributed by atoms with van der Waals surface area (Å²) in [6, 6.07) is 11.1. The Morgan fingerprint density at radius 1 is 1.06 bits per heavy atom. The molecule has 1 rings (SSSR count). The van der Waals surface area contributed by atoms with E-state index in [1.54, 1.807) is 0 Å². The van der Waals surface area contributed by atoms with Crippen LogP contribution in [0.2, 0.25) is 0 Å². The van der Waals surface area contributed by atoms with E-state index in [0.29, 0.717) is 6.04 Å². The number of hydrogen-bond acceptors (Lipinski definition) is 3. The number of nitrogens with two attached hydrogens (primary N) is 1. The first-order valence-electron chi connectivity index (χ1n) is 6.72. The number of nitrogens with zero attached hydrogens (tertiary/aromatic N) is 2. The Morgan fingerprint density at radius 2 is 1.72 bits per heavy atom. The van der Waals surface area contributed by atoms with E-state index < -0.39 is 0 Å². The number of likely N-dealkylation sites (N-methyl/N-ethyl adjacent to an activating group) is 2. The lowest BCUT2D eigenvalue weighted by molar-refractivity contribution is 0.212.